The molecule has 2 aromatic rings. The molecule has 1 N–H and O–H groups in total. The number of benzene rings is 2. The summed E-state index contributed by atoms with van der Waals surface area (Å²) in [5.74, 6) is 0. The average Bonchev–Trinajstić information content (AvgIpc) is 2.53. The molecule has 2 aromatic carbocycles. The van der Waals surface area contributed by atoms with Crippen molar-refractivity contribution >= 4 is 11.6 Å². The Balaban J connectivity index is 2.10. The van der Waals surface area contributed by atoms with Gasteiger partial charge in [0.1, 0.15) is 0 Å². The Kier molecular flexibility index (Phi) is 6.24. The number of ether oxygens (including phenoxy) is 1. The van der Waals surface area contributed by atoms with Crippen molar-refractivity contribution in [1.82, 2.24) is 5.32 Å². The minimum absolute atomic E-state index is 0.0115. The van der Waals surface area contributed by atoms with E-state index in [1.54, 1.807) is 0 Å². The van der Waals surface area contributed by atoms with Crippen molar-refractivity contribution in [3.63, 3.8) is 0 Å². The summed E-state index contributed by atoms with van der Waals surface area (Å²) in [6.07, 6.45) is 0.0583. The number of hydrogen-bond acceptors (Lipinski definition) is 2. The molecule has 0 amide bonds. The van der Waals surface area contributed by atoms with Crippen molar-refractivity contribution in [3.8, 4) is 0 Å². The van der Waals surface area contributed by atoms with Gasteiger partial charge in [-0.1, -0.05) is 61.0 Å². The van der Waals surface area contributed by atoms with E-state index in [4.69, 9.17) is 16.3 Å². The summed E-state index contributed by atoms with van der Waals surface area (Å²) in [6.45, 7) is 5.90. The summed E-state index contributed by atoms with van der Waals surface area (Å²) in [6, 6.07) is 18.2. The second-order valence-electron chi connectivity index (χ2n) is 5.04. The van der Waals surface area contributed by atoms with Crippen LogP contribution in [0.1, 0.15) is 37.2 Å². The van der Waals surface area contributed by atoms with Gasteiger partial charge >= 0.3 is 0 Å². The van der Waals surface area contributed by atoms with E-state index in [9.17, 15) is 0 Å². The van der Waals surface area contributed by atoms with Crippen molar-refractivity contribution in [2.75, 3.05) is 13.1 Å². The van der Waals surface area contributed by atoms with Gasteiger partial charge in [0, 0.05) is 11.6 Å². The van der Waals surface area contributed by atoms with Crippen LogP contribution in [0.2, 0.25) is 5.02 Å². The van der Waals surface area contributed by atoms with Crippen LogP contribution in [0.25, 0.3) is 0 Å². The maximum absolute atomic E-state index is 6.26. The first-order valence-corrected chi connectivity index (χ1v) is 7.75. The summed E-state index contributed by atoms with van der Waals surface area (Å²) < 4.78 is 6.26. The molecule has 3 heteroatoms. The molecule has 0 radical (unpaired) electrons. The topological polar surface area (TPSA) is 21.3 Å². The molecule has 0 aliphatic rings. The molecule has 0 saturated heterocycles. The lowest BCUT2D eigenvalue weighted by molar-refractivity contribution is -0.00409. The minimum Gasteiger partial charge on any atom is -0.365 e. The van der Waals surface area contributed by atoms with Crippen molar-refractivity contribution in [2.24, 2.45) is 0 Å². The predicted octanol–water partition coefficient (Wildman–Crippen LogP) is 4.77. The standard InChI is InChI=1S/C18H22ClNO/c1-3-20-13-18(16-9-11-17(19)12-10-16)21-14(2)15-7-5-4-6-8-15/h4-12,14,18,20H,3,13H2,1-2H3. The van der Waals surface area contributed by atoms with Crippen molar-refractivity contribution in [3.05, 3.63) is 70.7 Å². The van der Waals surface area contributed by atoms with Gasteiger partial charge in [-0.05, 0) is 36.7 Å². The molecule has 2 nitrogen and oxygen atoms in total. The molecule has 0 saturated carbocycles. The first-order valence-electron chi connectivity index (χ1n) is 7.37. The first-order chi connectivity index (χ1) is 10.2. The van der Waals surface area contributed by atoms with E-state index >= 15 is 0 Å². The van der Waals surface area contributed by atoms with Gasteiger partial charge in [-0.3, -0.25) is 0 Å². The van der Waals surface area contributed by atoms with Gasteiger partial charge in [0.2, 0.25) is 0 Å². The third-order valence-corrected chi connectivity index (χ3v) is 3.71. The van der Waals surface area contributed by atoms with E-state index in [1.165, 1.54) is 5.56 Å². The summed E-state index contributed by atoms with van der Waals surface area (Å²) in [7, 11) is 0. The Morgan fingerprint density at radius 2 is 1.67 bits per heavy atom. The zero-order chi connectivity index (χ0) is 15.1. The molecule has 112 valence electrons. The molecule has 0 spiro atoms. The fourth-order valence-corrected chi connectivity index (χ4v) is 2.37. The van der Waals surface area contributed by atoms with Gasteiger partial charge in [-0.25, -0.2) is 0 Å². The number of hydrogen-bond donors (Lipinski definition) is 1. The number of halogens is 1. The van der Waals surface area contributed by atoms with Gasteiger partial charge in [-0.15, -0.1) is 0 Å². The van der Waals surface area contributed by atoms with Crippen LogP contribution in [0.5, 0.6) is 0 Å². The quantitative estimate of drug-likeness (QED) is 0.795. The first kappa shape index (κ1) is 16.0. The Morgan fingerprint density at radius 3 is 2.29 bits per heavy atom. The molecule has 0 fully saturated rings. The Morgan fingerprint density at radius 1 is 1.00 bits per heavy atom. The summed E-state index contributed by atoms with van der Waals surface area (Å²) in [5.41, 5.74) is 2.33. The number of likely N-dealkylation sites (N-methyl/N-ethyl adjacent to an activating group) is 1. The Bertz CT molecular complexity index is 527. The fraction of sp³-hybridized carbons (Fsp3) is 0.333. The molecule has 0 heterocycles. The van der Waals surface area contributed by atoms with Crippen LogP contribution in [0.15, 0.2) is 54.6 Å². The fourth-order valence-electron chi connectivity index (χ4n) is 2.25. The lowest BCUT2D eigenvalue weighted by atomic mass is 10.1. The molecule has 0 aliphatic heterocycles. The molecule has 2 unspecified atom stereocenters. The summed E-state index contributed by atoms with van der Waals surface area (Å²) in [4.78, 5) is 0. The van der Waals surface area contributed by atoms with Gasteiger partial charge < -0.3 is 10.1 Å². The molecular formula is C18H22ClNO. The second kappa shape index (κ2) is 8.18. The van der Waals surface area contributed by atoms with Crippen LogP contribution in [0.3, 0.4) is 0 Å². The monoisotopic (exact) mass is 303 g/mol. The Hall–Kier alpha value is -1.35. The van der Waals surface area contributed by atoms with Crippen LogP contribution >= 0.6 is 11.6 Å². The van der Waals surface area contributed by atoms with E-state index in [0.29, 0.717) is 0 Å². The highest BCUT2D eigenvalue weighted by Gasteiger charge is 2.16. The van der Waals surface area contributed by atoms with Gasteiger partial charge in [0.05, 0.1) is 12.2 Å². The molecule has 2 rings (SSSR count). The van der Waals surface area contributed by atoms with E-state index < -0.39 is 0 Å². The largest absolute Gasteiger partial charge is 0.365 e. The van der Waals surface area contributed by atoms with E-state index in [-0.39, 0.29) is 12.2 Å². The van der Waals surface area contributed by atoms with Crippen LogP contribution in [-0.2, 0) is 4.74 Å². The highest BCUT2D eigenvalue weighted by Crippen LogP contribution is 2.27. The van der Waals surface area contributed by atoms with Gasteiger partial charge in [0.15, 0.2) is 0 Å². The average molecular weight is 304 g/mol. The summed E-state index contributed by atoms with van der Waals surface area (Å²) >= 11 is 5.97. The van der Waals surface area contributed by atoms with Gasteiger partial charge in [-0.2, -0.15) is 0 Å². The molecule has 21 heavy (non-hydrogen) atoms. The van der Waals surface area contributed by atoms with Crippen LogP contribution in [0, 0.1) is 0 Å². The highest BCUT2D eigenvalue weighted by atomic mass is 35.5. The van der Waals surface area contributed by atoms with Crippen molar-refractivity contribution < 1.29 is 4.74 Å². The summed E-state index contributed by atoms with van der Waals surface area (Å²) in [5, 5.41) is 4.11. The minimum atomic E-state index is 0.0115. The maximum Gasteiger partial charge on any atom is 0.0957 e. The maximum atomic E-state index is 6.26. The van der Waals surface area contributed by atoms with E-state index in [2.05, 4.69) is 31.3 Å². The van der Waals surface area contributed by atoms with E-state index in [1.807, 2.05) is 42.5 Å². The zero-order valence-corrected chi connectivity index (χ0v) is 13.3. The molecule has 2 atom stereocenters. The van der Waals surface area contributed by atoms with Crippen molar-refractivity contribution in [1.29, 1.82) is 0 Å². The van der Waals surface area contributed by atoms with Crippen LogP contribution in [-0.4, -0.2) is 13.1 Å². The van der Waals surface area contributed by atoms with E-state index in [0.717, 1.165) is 23.7 Å². The predicted molar refractivity (Wildman–Crippen MR) is 88.7 cm³/mol. The van der Waals surface area contributed by atoms with Crippen LogP contribution in [0.4, 0.5) is 0 Å². The number of nitrogens with one attached hydrogen (secondary N) is 1. The SMILES string of the molecule is CCNCC(OC(C)c1ccccc1)c1ccc(Cl)cc1. The number of rotatable bonds is 7. The Labute approximate surface area is 132 Å². The molecule has 0 aromatic heterocycles. The molecule has 0 bridgehead atoms. The molecule has 0 aliphatic carbocycles. The third-order valence-electron chi connectivity index (χ3n) is 3.46. The normalized spacial score (nSPS) is 13.9. The smallest absolute Gasteiger partial charge is 0.0957 e. The lowest BCUT2D eigenvalue weighted by Gasteiger charge is -2.23. The lowest BCUT2D eigenvalue weighted by Crippen LogP contribution is -2.24. The molecular weight excluding hydrogens is 282 g/mol. The van der Waals surface area contributed by atoms with Gasteiger partial charge in [0.25, 0.3) is 0 Å². The second-order valence-corrected chi connectivity index (χ2v) is 5.47. The highest BCUT2D eigenvalue weighted by molar-refractivity contribution is 6.30. The van der Waals surface area contributed by atoms with Crippen LogP contribution < -0.4 is 5.32 Å². The third kappa shape index (κ3) is 4.85. The van der Waals surface area contributed by atoms with Crippen molar-refractivity contribution in [2.45, 2.75) is 26.1 Å². The zero-order valence-electron chi connectivity index (χ0n) is 12.6.